The molecule has 2 saturated heterocycles. The maximum atomic E-state index is 12.2. The molecule has 2 aliphatic rings. The molecule has 2 rings (SSSR count). The molecule has 2 amide bonds. The maximum absolute atomic E-state index is 12.2. The van der Waals surface area contributed by atoms with Crippen molar-refractivity contribution in [3.63, 3.8) is 0 Å². The Morgan fingerprint density at radius 2 is 2.26 bits per heavy atom. The summed E-state index contributed by atoms with van der Waals surface area (Å²) in [5, 5.41) is 5.66. The molecule has 0 aromatic heterocycles. The topological polar surface area (TPSA) is 79.9 Å². The van der Waals surface area contributed by atoms with Crippen LogP contribution < -0.4 is 10.6 Å². The van der Waals surface area contributed by atoms with Gasteiger partial charge >= 0.3 is 0 Å². The second-order valence-corrected chi connectivity index (χ2v) is 5.13. The molecular formula is C12H21N3O4. The van der Waals surface area contributed by atoms with E-state index >= 15 is 0 Å². The molecule has 19 heavy (non-hydrogen) atoms. The van der Waals surface area contributed by atoms with Crippen molar-refractivity contribution in [1.29, 1.82) is 0 Å². The third kappa shape index (κ3) is 3.23. The number of morpholine rings is 1. The average molecular weight is 271 g/mol. The van der Waals surface area contributed by atoms with Crippen LogP contribution in [0.3, 0.4) is 0 Å². The quantitative estimate of drug-likeness (QED) is 0.640. The first-order chi connectivity index (χ1) is 9.06. The Morgan fingerprint density at radius 1 is 1.53 bits per heavy atom. The van der Waals surface area contributed by atoms with Crippen molar-refractivity contribution in [1.82, 2.24) is 15.5 Å². The summed E-state index contributed by atoms with van der Waals surface area (Å²) in [7, 11) is 1.55. The van der Waals surface area contributed by atoms with Crippen LogP contribution in [0, 0.1) is 0 Å². The minimum atomic E-state index is -0.554. The molecule has 2 N–H and O–H groups in total. The summed E-state index contributed by atoms with van der Waals surface area (Å²) in [6.45, 7) is 4.60. The van der Waals surface area contributed by atoms with E-state index in [1.165, 1.54) is 4.90 Å². The van der Waals surface area contributed by atoms with Gasteiger partial charge in [-0.3, -0.25) is 9.59 Å². The van der Waals surface area contributed by atoms with Crippen LogP contribution in [0.2, 0.25) is 0 Å². The lowest BCUT2D eigenvalue weighted by atomic mass is 10.0. The summed E-state index contributed by atoms with van der Waals surface area (Å²) in [5.74, 6) is -0.366. The molecule has 0 aromatic carbocycles. The highest BCUT2D eigenvalue weighted by molar-refractivity contribution is 5.88. The fraction of sp³-hybridized carbons (Fsp3) is 0.833. The zero-order valence-corrected chi connectivity index (χ0v) is 11.4. The van der Waals surface area contributed by atoms with Crippen molar-refractivity contribution in [2.75, 3.05) is 46.5 Å². The average Bonchev–Trinajstić information content (AvgIpc) is 2.41. The van der Waals surface area contributed by atoms with Gasteiger partial charge in [0.2, 0.25) is 11.8 Å². The van der Waals surface area contributed by atoms with Crippen LogP contribution in [-0.4, -0.2) is 74.9 Å². The van der Waals surface area contributed by atoms with E-state index in [0.29, 0.717) is 13.2 Å². The van der Waals surface area contributed by atoms with Gasteiger partial charge in [0.15, 0.2) is 0 Å². The summed E-state index contributed by atoms with van der Waals surface area (Å²) in [6, 6.07) is -0.554. The largest absolute Gasteiger partial charge is 0.377 e. The van der Waals surface area contributed by atoms with E-state index in [2.05, 4.69) is 10.6 Å². The normalized spacial score (nSPS) is 25.6. The highest BCUT2D eigenvalue weighted by atomic mass is 16.5. The number of carbonyl (C=O) groups is 2. The van der Waals surface area contributed by atoms with Gasteiger partial charge in [0.25, 0.3) is 0 Å². The van der Waals surface area contributed by atoms with Crippen LogP contribution in [0.25, 0.3) is 0 Å². The Kier molecular flexibility index (Phi) is 4.38. The van der Waals surface area contributed by atoms with E-state index < -0.39 is 6.04 Å². The molecule has 0 aromatic rings. The zero-order chi connectivity index (χ0) is 13.9. The predicted octanol–water partition coefficient (Wildman–Crippen LogP) is -1.66. The molecular weight excluding hydrogens is 250 g/mol. The number of nitrogens with one attached hydrogen (secondary N) is 2. The van der Waals surface area contributed by atoms with Crippen molar-refractivity contribution in [3.8, 4) is 0 Å². The first-order valence-electron chi connectivity index (χ1n) is 6.49. The fourth-order valence-corrected chi connectivity index (χ4v) is 2.18. The third-order valence-electron chi connectivity index (χ3n) is 3.54. The summed E-state index contributed by atoms with van der Waals surface area (Å²) in [4.78, 5) is 25.4. The van der Waals surface area contributed by atoms with Crippen LogP contribution in [0.1, 0.15) is 6.92 Å². The molecule has 1 unspecified atom stereocenters. The summed E-state index contributed by atoms with van der Waals surface area (Å²) < 4.78 is 10.9. The Bertz CT molecular complexity index is 357. The number of likely N-dealkylation sites (N-methyl/N-ethyl adjacent to an activating group) is 1. The Labute approximate surface area is 112 Å². The summed E-state index contributed by atoms with van der Waals surface area (Å²) >= 11 is 0. The van der Waals surface area contributed by atoms with Crippen molar-refractivity contribution in [2.45, 2.75) is 18.6 Å². The van der Waals surface area contributed by atoms with Crippen molar-refractivity contribution in [2.24, 2.45) is 0 Å². The summed E-state index contributed by atoms with van der Waals surface area (Å²) in [5.41, 5.74) is -0.259. The van der Waals surface area contributed by atoms with Crippen LogP contribution in [0.5, 0.6) is 0 Å². The van der Waals surface area contributed by atoms with Gasteiger partial charge in [-0.05, 0) is 6.92 Å². The lowest BCUT2D eigenvalue weighted by molar-refractivity contribution is -0.158. The Morgan fingerprint density at radius 3 is 2.84 bits per heavy atom. The van der Waals surface area contributed by atoms with Crippen molar-refractivity contribution >= 4 is 11.8 Å². The molecule has 2 heterocycles. The molecule has 108 valence electrons. The molecule has 2 fully saturated rings. The van der Waals surface area contributed by atoms with Gasteiger partial charge in [-0.2, -0.15) is 0 Å². The van der Waals surface area contributed by atoms with Gasteiger partial charge in [0, 0.05) is 26.7 Å². The van der Waals surface area contributed by atoms with Crippen molar-refractivity contribution in [3.05, 3.63) is 0 Å². The minimum Gasteiger partial charge on any atom is -0.377 e. The van der Waals surface area contributed by atoms with E-state index in [1.807, 2.05) is 6.92 Å². The Balaban J connectivity index is 1.89. The first kappa shape index (κ1) is 14.2. The molecule has 0 aliphatic carbocycles. The lowest BCUT2D eigenvalue weighted by Crippen LogP contribution is -2.61. The molecule has 0 radical (unpaired) electrons. The molecule has 0 saturated carbocycles. The molecule has 7 heteroatoms. The number of ether oxygens (including phenoxy) is 2. The highest BCUT2D eigenvalue weighted by Gasteiger charge is 2.36. The van der Waals surface area contributed by atoms with Gasteiger partial charge in [0.1, 0.15) is 12.6 Å². The zero-order valence-electron chi connectivity index (χ0n) is 11.4. The minimum absolute atomic E-state index is 0.00563. The number of hydrogen-bond acceptors (Lipinski definition) is 5. The fourth-order valence-electron chi connectivity index (χ4n) is 2.18. The van der Waals surface area contributed by atoms with E-state index in [-0.39, 0.29) is 30.6 Å². The highest BCUT2D eigenvalue weighted by Crippen LogP contribution is 2.16. The summed E-state index contributed by atoms with van der Waals surface area (Å²) in [6.07, 6.45) is 0. The standard InChI is InChI=1S/C12H21N3O4/c1-12(7-14-8-12)19-6-10(16)15-3-4-18-5-9(15)11(17)13-2/h9,14H,3-8H2,1-2H3,(H,13,17). The lowest BCUT2D eigenvalue weighted by Gasteiger charge is -2.40. The molecule has 1 atom stereocenters. The predicted molar refractivity (Wildman–Crippen MR) is 67.6 cm³/mol. The van der Waals surface area contributed by atoms with E-state index in [0.717, 1.165) is 13.1 Å². The van der Waals surface area contributed by atoms with Gasteiger partial charge < -0.3 is 25.0 Å². The molecule has 2 aliphatic heterocycles. The van der Waals surface area contributed by atoms with Crippen LogP contribution in [0.15, 0.2) is 0 Å². The van der Waals surface area contributed by atoms with Crippen molar-refractivity contribution < 1.29 is 19.1 Å². The number of hydrogen-bond donors (Lipinski definition) is 2. The second-order valence-electron chi connectivity index (χ2n) is 5.13. The van der Waals surface area contributed by atoms with Gasteiger partial charge in [-0.1, -0.05) is 0 Å². The number of amides is 2. The monoisotopic (exact) mass is 271 g/mol. The smallest absolute Gasteiger partial charge is 0.249 e. The second kappa shape index (κ2) is 5.85. The number of carbonyl (C=O) groups excluding carboxylic acids is 2. The van der Waals surface area contributed by atoms with Crippen LogP contribution in [-0.2, 0) is 19.1 Å². The van der Waals surface area contributed by atoms with Crippen LogP contribution >= 0.6 is 0 Å². The number of rotatable bonds is 4. The SMILES string of the molecule is CNC(=O)C1COCCN1C(=O)COC1(C)CNC1. The molecule has 0 spiro atoms. The first-order valence-corrected chi connectivity index (χ1v) is 6.49. The molecule has 7 nitrogen and oxygen atoms in total. The molecule has 0 bridgehead atoms. The Hall–Kier alpha value is -1.18. The number of nitrogens with zero attached hydrogens (tertiary/aromatic N) is 1. The van der Waals surface area contributed by atoms with Gasteiger partial charge in [0.05, 0.1) is 18.8 Å². The maximum Gasteiger partial charge on any atom is 0.249 e. The van der Waals surface area contributed by atoms with Gasteiger partial charge in [-0.15, -0.1) is 0 Å². The third-order valence-corrected chi connectivity index (χ3v) is 3.54. The van der Waals surface area contributed by atoms with E-state index in [9.17, 15) is 9.59 Å². The van der Waals surface area contributed by atoms with E-state index in [4.69, 9.17) is 9.47 Å². The van der Waals surface area contributed by atoms with E-state index in [1.54, 1.807) is 7.05 Å². The van der Waals surface area contributed by atoms with Crippen LogP contribution in [0.4, 0.5) is 0 Å². The van der Waals surface area contributed by atoms with Gasteiger partial charge in [-0.25, -0.2) is 0 Å².